The third-order valence-corrected chi connectivity index (χ3v) is 4.59. The second-order valence-electron chi connectivity index (χ2n) is 6.59. The first-order valence-corrected chi connectivity index (χ1v) is 8.87. The van der Waals surface area contributed by atoms with Crippen molar-refractivity contribution < 1.29 is 9.57 Å². The molecule has 5 nitrogen and oxygen atoms in total. The van der Waals surface area contributed by atoms with Crippen LogP contribution in [0.4, 0.5) is 5.82 Å². The van der Waals surface area contributed by atoms with E-state index in [0.717, 1.165) is 55.3 Å². The van der Waals surface area contributed by atoms with Gasteiger partial charge in [0.2, 0.25) is 0 Å². The number of oxime groups is 1. The molecule has 0 radical (unpaired) electrons. The number of hydrogen-bond donors (Lipinski definition) is 0. The number of nitrogens with zero attached hydrogens (tertiary/aromatic N) is 3. The molecule has 4 rings (SSSR count). The van der Waals surface area contributed by atoms with Gasteiger partial charge in [0, 0.05) is 30.8 Å². The summed E-state index contributed by atoms with van der Waals surface area (Å²) in [6.45, 7) is 5.23. The fourth-order valence-electron chi connectivity index (χ4n) is 3.07. The lowest BCUT2D eigenvalue weighted by atomic mass is 10.0. The Balaban J connectivity index is 1.50. The molecule has 2 aliphatic rings. The first kappa shape index (κ1) is 16.1. The van der Waals surface area contributed by atoms with E-state index in [1.54, 1.807) is 0 Å². The SMILES string of the molecule is Cc1ccc2c(n1)N(CCc1ccccc1)CC/C2=N\OCC1CO1. The quantitative estimate of drug-likeness (QED) is 0.601. The molecule has 2 aromatic rings. The highest BCUT2D eigenvalue weighted by atomic mass is 16.7. The molecule has 25 heavy (non-hydrogen) atoms. The summed E-state index contributed by atoms with van der Waals surface area (Å²) in [6, 6.07) is 14.7. The molecule has 1 aromatic heterocycles. The molecule has 3 heterocycles. The average Bonchev–Trinajstić information content (AvgIpc) is 3.46. The normalized spacial score (nSPS) is 20.4. The first-order chi connectivity index (χ1) is 12.3. The second kappa shape index (κ2) is 7.23. The van der Waals surface area contributed by atoms with Crippen molar-refractivity contribution in [1.82, 2.24) is 4.98 Å². The maximum Gasteiger partial charge on any atom is 0.145 e. The summed E-state index contributed by atoms with van der Waals surface area (Å²) in [5, 5.41) is 4.36. The molecule has 5 heteroatoms. The summed E-state index contributed by atoms with van der Waals surface area (Å²) in [5.74, 6) is 1.02. The Morgan fingerprint density at radius 1 is 1.24 bits per heavy atom. The largest absolute Gasteiger partial charge is 0.393 e. The van der Waals surface area contributed by atoms with Gasteiger partial charge in [-0.05, 0) is 31.0 Å². The number of hydrogen-bond acceptors (Lipinski definition) is 5. The van der Waals surface area contributed by atoms with Gasteiger partial charge in [0.1, 0.15) is 18.5 Å². The van der Waals surface area contributed by atoms with Crippen LogP contribution in [0.1, 0.15) is 23.2 Å². The molecule has 0 spiro atoms. The Morgan fingerprint density at radius 2 is 2.08 bits per heavy atom. The van der Waals surface area contributed by atoms with Gasteiger partial charge in [-0.25, -0.2) is 4.98 Å². The standard InChI is InChI=1S/C20H23N3O2/c1-15-7-8-18-19(22-25-14-17-13-24-17)10-12-23(20(18)21-15)11-9-16-5-3-2-4-6-16/h2-8,17H,9-14H2,1H3/b22-19+. The van der Waals surface area contributed by atoms with Gasteiger partial charge < -0.3 is 14.5 Å². The molecule has 0 bridgehead atoms. The number of aromatic nitrogens is 1. The summed E-state index contributed by atoms with van der Waals surface area (Å²) in [7, 11) is 0. The van der Waals surface area contributed by atoms with E-state index in [2.05, 4.69) is 46.5 Å². The minimum atomic E-state index is 0.228. The van der Waals surface area contributed by atoms with Gasteiger partial charge in [0.05, 0.1) is 12.3 Å². The van der Waals surface area contributed by atoms with E-state index < -0.39 is 0 Å². The number of aryl methyl sites for hydroxylation is 1. The van der Waals surface area contributed by atoms with Crippen molar-refractivity contribution in [2.45, 2.75) is 25.9 Å². The van der Waals surface area contributed by atoms with E-state index in [9.17, 15) is 0 Å². The molecule has 0 saturated carbocycles. The van der Waals surface area contributed by atoms with E-state index in [4.69, 9.17) is 14.6 Å². The van der Waals surface area contributed by atoms with Crippen molar-refractivity contribution in [3.05, 3.63) is 59.3 Å². The molecule has 1 aromatic carbocycles. The fraction of sp³-hybridized carbons (Fsp3) is 0.400. The van der Waals surface area contributed by atoms with Crippen molar-refractivity contribution in [2.24, 2.45) is 5.16 Å². The number of epoxide rings is 1. The van der Waals surface area contributed by atoms with E-state index in [0.29, 0.717) is 6.61 Å². The van der Waals surface area contributed by atoms with Crippen LogP contribution in [0.3, 0.4) is 0 Å². The molecular weight excluding hydrogens is 314 g/mol. The summed E-state index contributed by atoms with van der Waals surface area (Å²) < 4.78 is 5.16. The highest BCUT2D eigenvalue weighted by Crippen LogP contribution is 2.26. The van der Waals surface area contributed by atoms with Gasteiger partial charge in [-0.2, -0.15) is 0 Å². The lowest BCUT2D eigenvalue weighted by Gasteiger charge is -2.31. The van der Waals surface area contributed by atoms with Crippen LogP contribution in [0.25, 0.3) is 0 Å². The number of fused-ring (bicyclic) bond motifs is 1. The number of pyridine rings is 1. The topological polar surface area (TPSA) is 50.2 Å². The lowest BCUT2D eigenvalue weighted by molar-refractivity contribution is 0.124. The minimum absolute atomic E-state index is 0.228. The zero-order valence-electron chi connectivity index (χ0n) is 14.5. The van der Waals surface area contributed by atoms with E-state index >= 15 is 0 Å². The third-order valence-electron chi connectivity index (χ3n) is 4.59. The van der Waals surface area contributed by atoms with Gasteiger partial charge in [-0.3, -0.25) is 0 Å². The monoisotopic (exact) mass is 337 g/mol. The highest BCUT2D eigenvalue weighted by Gasteiger charge is 2.25. The Hall–Kier alpha value is -2.40. The van der Waals surface area contributed by atoms with Crippen molar-refractivity contribution >= 4 is 11.5 Å². The molecule has 130 valence electrons. The van der Waals surface area contributed by atoms with Crippen LogP contribution in [0.15, 0.2) is 47.6 Å². The van der Waals surface area contributed by atoms with Gasteiger partial charge in [-0.1, -0.05) is 35.5 Å². The number of anilines is 1. The Kier molecular flexibility index (Phi) is 4.65. The zero-order valence-corrected chi connectivity index (χ0v) is 14.5. The van der Waals surface area contributed by atoms with Crippen LogP contribution in [0.2, 0.25) is 0 Å². The molecular formula is C20H23N3O2. The van der Waals surface area contributed by atoms with E-state index in [1.807, 2.05) is 13.0 Å². The molecule has 2 aliphatic heterocycles. The zero-order chi connectivity index (χ0) is 17.1. The van der Waals surface area contributed by atoms with Crippen LogP contribution < -0.4 is 4.90 Å². The van der Waals surface area contributed by atoms with Crippen molar-refractivity contribution in [2.75, 3.05) is 31.2 Å². The number of rotatable bonds is 6. The Labute approximate surface area is 148 Å². The minimum Gasteiger partial charge on any atom is -0.393 e. The van der Waals surface area contributed by atoms with E-state index in [1.165, 1.54) is 5.56 Å². The van der Waals surface area contributed by atoms with Crippen molar-refractivity contribution in [3.8, 4) is 0 Å². The van der Waals surface area contributed by atoms with Crippen LogP contribution in [-0.2, 0) is 16.0 Å². The second-order valence-corrected chi connectivity index (χ2v) is 6.59. The van der Waals surface area contributed by atoms with Gasteiger partial charge >= 0.3 is 0 Å². The molecule has 0 aliphatic carbocycles. The average molecular weight is 337 g/mol. The first-order valence-electron chi connectivity index (χ1n) is 8.87. The predicted molar refractivity (Wildman–Crippen MR) is 98.2 cm³/mol. The number of benzene rings is 1. The molecule has 1 fully saturated rings. The number of ether oxygens (including phenoxy) is 1. The third kappa shape index (κ3) is 3.99. The summed E-state index contributed by atoms with van der Waals surface area (Å²) in [4.78, 5) is 12.6. The summed E-state index contributed by atoms with van der Waals surface area (Å²) in [5.41, 5.74) is 4.45. The van der Waals surface area contributed by atoms with Gasteiger partial charge in [0.15, 0.2) is 0 Å². The summed E-state index contributed by atoms with van der Waals surface area (Å²) in [6.07, 6.45) is 2.11. The maximum atomic E-state index is 5.47. The maximum absolute atomic E-state index is 5.47. The predicted octanol–water partition coefficient (Wildman–Crippen LogP) is 2.96. The molecule has 1 saturated heterocycles. The van der Waals surface area contributed by atoms with Crippen molar-refractivity contribution in [1.29, 1.82) is 0 Å². The Morgan fingerprint density at radius 3 is 2.88 bits per heavy atom. The lowest BCUT2D eigenvalue weighted by Crippen LogP contribution is -2.35. The summed E-state index contributed by atoms with van der Waals surface area (Å²) >= 11 is 0. The molecule has 0 N–H and O–H groups in total. The smallest absolute Gasteiger partial charge is 0.145 e. The van der Waals surface area contributed by atoms with E-state index in [-0.39, 0.29) is 6.10 Å². The van der Waals surface area contributed by atoms with Gasteiger partial charge in [-0.15, -0.1) is 0 Å². The van der Waals surface area contributed by atoms with Gasteiger partial charge in [0.25, 0.3) is 0 Å². The fourth-order valence-corrected chi connectivity index (χ4v) is 3.07. The highest BCUT2D eigenvalue weighted by molar-refractivity contribution is 6.06. The van der Waals surface area contributed by atoms with Crippen LogP contribution in [0.5, 0.6) is 0 Å². The van der Waals surface area contributed by atoms with Crippen LogP contribution in [-0.4, -0.2) is 43.1 Å². The Bertz CT molecular complexity index is 757. The van der Waals surface area contributed by atoms with Crippen molar-refractivity contribution in [3.63, 3.8) is 0 Å². The molecule has 1 unspecified atom stereocenters. The molecule has 0 amide bonds. The van der Waals surface area contributed by atoms with Crippen LogP contribution in [0, 0.1) is 6.92 Å². The molecule has 1 atom stereocenters. The van der Waals surface area contributed by atoms with Crippen LogP contribution >= 0.6 is 0 Å².